The zero-order valence-corrected chi connectivity index (χ0v) is 12.1. The summed E-state index contributed by atoms with van der Waals surface area (Å²) in [6.45, 7) is 0. The first-order valence-electron chi connectivity index (χ1n) is 6.64. The van der Waals surface area contributed by atoms with E-state index in [-0.39, 0.29) is 22.4 Å². The first-order chi connectivity index (χ1) is 11.0. The maximum Gasteiger partial charge on any atom is 0.141 e. The molecular weight excluding hydrogens is 302 g/mol. The van der Waals surface area contributed by atoms with E-state index in [1.807, 2.05) is 6.07 Å². The van der Waals surface area contributed by atoms with Crippen molar-refractivity contribution in [2.75, 3.05) is 17.6 Å². The summed E-state index contributed by atoms with van der Waals surface area (Å²) in [4.78, 5) is 2.99. The van der Waals surface area contributed by atoms with Crippen LogP contribution in [0, 0.1) is 10.4 Å². The number of fused-ring (bicyclic) bond motifs is 1. The second kappa shape index (κ2) is 5.78. The number of hydrogen-bond donors (Lipinski definition) is 3. The minimum absolute atomic E-state index is 0.00750. The van der Waals surface area contributed by atoms with Crippen LogP contribution in [-0.4, -0.2) is 22.5 Å². The van der Waals surface area contributed by atoms with Crippen LogP contribution in [0.4, 0.5) is 11.4 Å². The lowest BCUT2D eigenvalue weighted by Crippen LogP contribution is -2.11. The molecule has 2 aromatic carbocycles. The SMILES string of the molecule is COc1cc2c(N(O)O)c(-c3ccccc3)[nH]c2cc1N([O-])[O-]. The van der Waals surface area contributed by atoms with E-state index in [1.165, 1.54) is 19.2 Å². The smallest absolute Gasteiger partial charge is 0.141 e. The van der Waals surface area contributed by atoms with Gasteiger partial charge in [-0.05, 0) is 12.1 Å². The molecule has 3 N–H and O–H groups in total. The molecule has 0 saturated heterocycles. The van der Waals surface area contributed by atoms with Gasteiger partial charge in [-0.3, -0.25) is 10.4 Å². The Morgan fingerprint density at radius 2 is 1.78 bits per heavy atom. The van der Waals surface area contributed by atoms with Gasteiger partial charge in [0.25, 0.3) is 0 Å². The van der Waals surface area contributed by atoms with E-state index in [9.17, 15) is 20.8 Å². The molecule has 1 heterocycles. The van der Waals surface area contributed by atoms with Crippen LogP contribution >= 0.6 is 0 Å². The Morgan fingerprint density at radius 3 is 2.35 bits per heavy atom. The fourth-order valence-electron chi connectivity index (χ4n) is 2.52. The van der Waals surface area contributed by atoms with Crippen molar-refractivity contribution < 1.29 is 15.2 Å². The summed E-state index contributed by atoms with van der Waals surface area (Å²) < 4.78 is 5.03. The lowest BCUT2D eigenvalue weighted by molar-refractivity contribution is 0.0303. The van der Waals surface area contributed by atoms with E-state index in [0.29, 0.717) is 22.2 Å². The lowest BCUT2D eigenvalue weighted by atomic mass is 10.1. The second-order valence-electron chi connectivity index (χ2n) is 4.83. The standard InChI is InChI=1S/C15H13N3O5/c1-23-13-7-10-11(8-12(13)17(19)20)16-14(15(10)18(21)22)9-5-3-2-4-6-9/h2-8,16,21-22H,1H3/q-2. The number of H-pyrrole nitrogens is 1. The van der Waals surface area contributed by atoms with Gasteiger partial charge in [0, 0.05) is 10.9 Å². The average molecular weight is 315 g/mol. The summed E-state index contributed by atoms with van der Waals surface area (Å²) in [5.41, 5.74) is 1.38. The number of anilines is 2. The maximum absolute atomic E-state index is 11.1. The van der Waals surface area contributed by atoms with E-state index < -0.39 is 5.23 Å². The first-order valence-corrected chi connectivity index (χ1v) is 6.64. The summed E-state index contributed by atoms with van der Waals surface area (Å²) in [6, 6.07) is 11.7. The van der Waals surface area contributed by atoms with Crippen LogP contribution in [0.3, 0.4) is 0 Å². The van der Waals surface area contributed by atoms with Gasteiger partial charge in [0.05, 0.1) is 24.0 Å². The predicted molar refractivity (Wildman–Crippen MR) is 85.6 cm³/mol. The molecule has 0 saturated carbocycles. The molecule has 3 aromatic rings. The van der Waals surface area contributed by atoms with Crippen LogP contribution in [0.2, 0.25) is 0 Å². The molecule has 8 nitrogen and oxygen atoms in total. The van der Waals surface area contributed by atoms with Gasteiger partial charge in [0.1, 0.15) is 11.4 Å². The van der Waals surface area contributed by atoms with Crippen molar-refractivity contribution in [2.45, 2.75) is 0 Å². The number of hydrogen-bond acceptors (Lipinski definition) is 7. The third kappa shape index (κ3) is 2.56. The highest BCUT2D eigenvalue weighted by Crippen LogP contribution is 2.41. The highest BCUT2D eigenvalue weighted by Gasteiger charge is 2.19. The molecule has 120 valence electrons. The van der Waals surface area contributed by atoms with E-state index >= 15 is 0 Å². The normalized spacial score (nSPS) is 10.8. The molecule has 0 amide bonds. The third-order valence-corrected chi connectivity index (χ3v) is 3.53. The Labute approximate surface area is 130 Å². The Morgan fingerprint density at radius 1 is 1.09 bits per heavy atom. The minimum Gasteiger partial charge on any atom is -0.769 e. The monoisotopic (exact) mass is 315 g/mol. The Balaban J connectivity index is 2.32. The van der Waals surface area contributed by atoms with Crippen LogP contribution in [-0.2, 0) is 0 Å². The van der Waals surface area contributed by atoms with Gasteiger partial charge in [-0.15, -0.1) is 5.23 Å². The number of nitrogens with one attached hydrogen (secondary N) is 1. The molecule has 8 heteroatoms. The maximum atomic E-state index is 11.1. The first kappa shape index (κ1) is 15.1. The molecule has 0 aliphatic carbocycles. The Kier molecular flexibility index (Phi) is 3.80. The molecule has 1 aromatic heterocycles. The predicted octanol–water partition coefficient (Wildman–Crippen LogP) is 3.23. The number of rotatable bonds is 4. The molecule has 0 bridgehead atoms. The highest BCUT2D eigenvalue weighted by molar-refractivity contribution is 6.03. The van der Waals surface area contributed by atoms with Crippen LogP contribution in [0.5, 0.6) is 5.75 Å². The topological polar surface area (TPSA) is 118 Å². The molecule has 0 radical (unpaired) electrons. The van der Waals surface area contributed by atoms with Gasteiger partial charge < -0.3 is 25.4 Å². The molecule has 0 atom stereocenters. The largest absolute Gasteiger partial charge is 0.769 e. The van der Waals surface area contributed by atoms with E-state index in [4.69, 9.17) is 4.74 Å². The van der Waals surface area contributed by atoms with Crippen LogP contribution in [0.1, 0.15) is 0 Å². The van der Waals surface area contributed by atoms with E-state index in [2.05, 4.69) is 4.98 Å². The van der Waals surface area contributed by atoms with Crippen LogP contribution in [0.25, 0.3) is 22.2 Å². The molecule has 0 fully saturated rings. The number of aromatic amines is 1. The van der Waals surface area contributed by atoms with Gasteiger partial charge >= 0.3 is 0 Å². The molecule has 23 heavy (non-hydrogen) atoms. The fourth-order valence-corrected chi connectivity index (χ4v) is 2.52. The molecule has 0 aliphatic heterocycles. The summed E-state index contributed by atoms with van der Waals surface area (Å²) in [7, 11) is 1.31. The van der Waals surface area contributed by atoms with Gasteiger partial charge in [-0.2, -0.15) is 0 Å². The zero-order valence-electron chi connectivity index (χ0n) is 12.1. The van der Waals surface area contributed by atoms with Crippen molar-refractivity contribution in [3.8, 4) is 17.0 Å². The third-order valence-electron chi connectivity index (χ3n) is 3.53. The fraction of sp³-hybridized carbons (Fsp3) is 0.0667. The Bertz CT molecular complexity index is 830. The molecular formula is C15H13N3O5-2. The van der Waals surface area contributed by atoms with Crippen LogP contribution in [0.15, 0.2) is 42.5 Å². The summed E-state index contributed by atoms with van der Waals surface area (Å²) >= 11 is 0. The summed E-state index contributed by atoms with van der Waals surface area (Å²) in [5, 5.41) is 41.2. The Hall–Kier alpha value is -2.78. The van der Waals surface area contributed by atoms with Crippen molar-refractivity contribution >= 4 is 22.3 Å². The summed E-state index contributed by atoms with van der Waals surface area (Å²) in [5.74, 6) is 0.0317. The molecule has 0 unspecified atom stereocenters. The van der Waals surface area contributed by atoms with Crippen molar-refractivity contribution in [2.24, 2.45) is 0 Å². The number of ether oxygens (including phenoxy) is 1. The second-order valence-corrected chi connectivity index (χ2v) is 4.83. The molecule has 0 spiro atoms. The van der Waals surface area contributed by atoms with Gasteiger partial charge in [0.2, 0.25) is 0 Å². The summed E-state index contributed by atoms with van der Waals surface area (Å²) in [6.07, 6.45) is 0. The van der Waals surface area contributed by atoms with Gasteiger partial charge in [-0.25, -0.2) is 0 Å². The van der Waals surface area contributed by atoms with Crippen molar-refractivity contribution in [3.63, 3.8) is 0 Å². The molecule has 0 aliphatic rings. The lowest BCUT2D eigenvalue weighted by Gasteiger charge is -2.38. The molecule has 3 rings (SSSR count). The van der Waals surface area contributed by atoms with Crippen LogP contribution < -0.4 is 15.2 Å². The van der Waals surface area contributed by atoms with Crippen molar-refractivity contribution in [1.29, 1.82) is 0 Å². The number of nitrogens with zero attached hydrogens (tertiary/aromatic N) is 2. The minimum atomic E-state index is -0.559. The van der Waals surface area contributed by atoms with Crippen molar-refractivity contribution in [3.05, 3.63) is 52.9 Å². The number of methoxy groups -OCH3 is 1. The van der Waals surface area contributed by atoms with Crippen molar-refractivity contribution in [1.82, 2.24) is 4.98 Å². The zero-order chi connectivity index (χ0) is 16.6. The van der Waals surface area contributed by atoms with Gasteiger partial charge in [-0.1, -0.05) is 30.3 Å². The van der Waals surface area contributed by atoms with E-state index in [1.54, 1.807) is 24.3 Å². The highest BCUT2D eigenvalue weighted by atomic mass is 16.8. The number of benzene rings is 2. The average Bonchev–Trinajstić information content (AvgIpc) is 2.92. The van der Waals surface area contributed by atoms with E-state index in [0.717, 1.165) is 0 Å². The van der Waals surface area contributed by atoms with Gasteiger partial charge in [0.15, 0.2) is 0 Å². The number of aromatic nitrogens is 1. The quantitative estimate of drug-likeness (QED) is 0.632.